The summed E-state index contributed by atoms with van der Waals surface area (Å²) >= 11 is 0. The second kappa shape index (κ2) is 8.11. The molecule has 0 spiro atoms. The number of nitrogens with two attached hydrogens (primary N) is 1. The summed E-state index contributed by atoms with van der Waals surface area (Å²) in [5, 5.41) is 5.00. The molecular formula is C24H27N5O3. The van der Waals surface area contributed by atoms with Gasteiger partial charge in [0.25, 0.3) is 11.8 Å². The maximum atomic E-state index is 12.5. The molecule has 4 rings (SSSR count). The SMILES string of the molecule is CC(=C1C=C(n2nc(C(N)=O)c3cc(C(=O)N(C)C)ccc32)C=CC1)C1CCN(C)C1=O. The summed E-state index contributed by atoms with van der Waals surface area (Å²) in [6.07, 6.45) is 7.52. The van der Waals surface area contributed by atoms with E-state index in [0.29, 0.717) is 16.5 Å². The van der Waals surface area contributed by atoms with Crippen molar-refractivity contribution in [3.05, 3.63) is 58.8 Å². The third-order valence-electron chi connectivity index (χ3n) is 6.22. The van der Waals surface area contributed by atoms with Gasteiger partial charge in [0.1, 0.15) is 0 Å². The average Bonchev–Trinajstić information content (AvgIpc) is 3.32. The maximum absolute atomic E-state index is 12.5. The Labute approximate surface area is 186 Å². The van der Waals surface area contributed by atoms with Crippen LogP contribution in [0.1, 0.15) is 40.6 Å². The van der Waals surface area contributed by atoms with Gasteiger partial charge in [-0.3, -0.25) is 14.4 Å². The fraction of sp³-hybridized carbons (Fsp3) is 0.333. The van der Waals surface area contributed by atoms with E-state index in [1.807, 2.05) is 32.2 Å². The highest BCUT2D eigenvalue weighted by Gasteiger charge is 2.31. The van der Waals surface area contributed by atoms with Crippen LogP contribution in [-0.4, -0.2) is 65.0 Å². The van der Waals surface area contributed by atoms with E-state index in [-0.39, 0.29) is 23.4 Å². The van der Waals surface area contributed by atoms with E-state index in [0.717, 1.165) is 36.2 Å². The lowest BCUT2D eigenvalue weighted by Crippen LogP contribution is -2.23. The van der Waals surface area contributed by atoms with Gasteiger partial charge in [0.2, 0.25) is 5.91 Å². The summed E-state index contributed by atoms with van der Waals surface area (Å²) in [5.74, 6) is -0.777. The number of primary amides is 1. The zero-order valence-electron chi connectivity index (χ0n) is 18.8. The molecule has 1 saturated heterocycles. The Morgan fingerprint density at radius 2 is 2.00 bits per heavy atom. The van der Waals surface area contributed by atoms with Crippen LogP contribution >= 0.6 is 0 Å². The van der Waals surface area contributed by atoms with Gasteiger partial charge in [-0.15, -0.1) is 0 Å². The number of carbonyl (C=O) groups is 3. The molecule has 2 heterocycles. The van der Waals surface area contributed by atoms with Crippen LogP contribution in [0.25, 0.3) is 16.6 Å². The summed E-state index contributed by atoms with van der Waals surface area (Å²) < 4.78 is 1.67. The van der Waals surface area contributed by atoms with Gasteiger partial charge in [-0.1, -0.05) is 11.6 Å². The normalized spacial score (nSPS) is 20.0. The number of aromatic nitrogens is 2. The molecule has 1 aromatic heterocycles. The number of hydrogen-bond acceptors (Lipinski definition) is 4. The molecule has 2 aliphatic rings. The van der Waals surface area contributed by atoms with Gasteiger partial charge < -0.3 is 15.5 Å². The molecule has 1 fully saturated rings. The maximum Gasteiger partial charge on any atom is 0.269 e. The Morgan fingerprint density at radius 1 is 1.25 bits per heavy atom. The average molecular weight is 434 g/mol. The number of carbonyl (C=O) groups excluding carboxylic acids is 3. The summed E-state index contributed by atoms with van der Waals surface area (Å²) in [6.45, 7) is 2.78. The van der Waals surface area contributed by atoms with E-state index in [9.17, 15) is 14.4 Å². The third kappa shape index (κ3) is 3.62. The summed E-state index contributed by atoms with van der Waals surface area (Å²) in [6, 6.07) is 5.15. The van der Waals surface area contributed by atoms with E-state index in [2.05, 4.69) is 5.10 Å². The Balaban J connectivity index is 1.81. The number of benzene rings is 1. The van der Waals surface area contributed by atoms with Crippen molar-refractivity contribution < 1.29 is 14.4 Å². The second-order valence-corrected chi connectivity index (χ2v) is 8.54. The largest absolute Gasteiger partial charge is 0.364 e. The first kappa shape index (κ1) is 21.5. The molecule has 2 N–H and O–H groups in total. The topological polar surface area (TPSA) is 102 Å². The molecular weight excluding hydrogens is 406 g/mol. The highest BCUT2D eigenvalue weighted by molar-refractivity contribution is 6.07. The van der Waals surface area contributed by atoms with Gasteiger partial charge in [-0.2, -0.15) is 5.10 Å². The fourth-order valence-electron chi connectivity index (χ4n) is 4.33. The number of hydrogen-bond donors (Lipinski definition) is 1. The lowest BCUT2D eigenvalue weighted by Gasteiger charge is -2.17. The number of nitrogens with zero attached hydrogens (tertiary/aromatic N) is 4. The van der Waals surface area contributed by atoms with E-state index >= 15 is 0 Å². The van der Waals surface area contributed by atoms with Gasteiger partial charge in [0.15, 0.2) is 5.69 Å². The van der Waals surface area contributed by atoms with Crippen molar-refractivity contribution in [3.63, 3.8) is 0 Å². The molecule has 166 valence electrons. The Kier molecular flexibility index (Phi) is 5.46. The van der Waals surface area contributed by atoms with Crippen LogP contribution in [0.4, 0.5) is 0 Å². The molecule has 0 bridgehead atoms. The second-order valence-electron chi connectivity index (χ2n) is 8.54. The highest BCUT2D eigenvalue weighted by atomic mass is 16.2. The minimum atomic E-state index is -0.657. The van der Waals surface area contributed by atoms with Crippen molar-refractivity contribution in [2.24, 2.45) is 11.7 Å². The zero-order chi connectivity index (χ0) is 23.2. The highest BCUT2D eigenvalue weighted by Crippen LogP contribution is 2.32. The lowest BCUT2D eigenvalue weighted by molar-refractivity contribution is -0.128. The van der Waals surface area contributed by atoms with Gasteiger partial charge in [-0.05, 0) is 55.7 Å². The third-order valence-corrected chi connectivity index (χ3v) is 6.22. The molecule has 0 radical (unpaired) electrons. The van der Waals surface area contributed by atoms with Crippen LogP contribution < -0.4 is 5.73 Å². The zero-order valence-corrected chi connectivity index (χ0v) is 18.8. The predicted octanol–water partition coefficient (Wildman–Crippen LogP) is 2.43. The molecule has 1 aliphatic heterocycles. The van der Waals surface area contributed by atoms with Crippen molar-refractivity contribution >= 4 is 34.3 Å². The van der Waals surface area contributed by atoms with Crippen molar-refractivity contribution in [2.45, 2.75) is 19.8 Å². The van der Waals surface area contributed by atoms with Crippen LogP contribution in [0, 0.1) is 5.92 Å². The predicted molar refractivity (Wildman–Crippen MR) is 123 cm³/mol. The van der Waals surface area contributed by atoms with Crippen molar-refractivity contribution in [3.8, 4) is 0 Å². The van der Waals surface area contributed by atoms with E-state index in [1.54, 1.807) is 41.9 Å². The molecule has 0 saturated carbocycles. The minimum Gasteiger partial charge on any atom is -0.364 e. The quantitative estimate of drug-likeness (QED) is 0.800. The van der Waals surface area contributed by atoms with Crippen molar-refractivity contribution in [1.29, 1.82) is 0 Å². The smallest absolute Gasteiger partial charge is 0.269 e. The number of amides is 3. The number of allylic oxidation sites excluding steroid dienone is 5. The Morgan fingerprint density at radius 3 is 2.62 bits per heavy atom. The molecule has 8 nitrogen and oxygen atoms in total. The molecule has 1 aromatic carbocycles. The van der Waals surface area contributed by atoms with Crippen LogP contribution in [-0.2, 0) is 4.79 Å². The van der Waals surface area contributed by atoms with Crippen molar-refractivity contribution in [1.82, 2.24) is 19.6 Å². The standard InChI is InChI=1S/C24H27N5O3/c1-14(18-10-11-28(4)24(18)32)15-6-5-7-17(12-15)29-20-9-8-16(23(31)27(2)3)13-19(20)21(26-29)22(25)30/h5,7-9,12-13,18H,6,10-11H2,1-4H3,(H2,25,30). The molecule has 32 heavy (non-hydrogen) atoms. The summed E-state index contributed by atoms with van der Waals surface area (Å²) in [5.41, 5.74) is 9.75. The van der Waals surface area contributed by atoms with Crippen molar-refractivity contribution in [2.75, 3.05) is 27.7 Å². The number of rotatable bonds is 4. The Bertz CT molecular complexity index is 1230. The number of fused-ring (bicyclic) bond motifs is 1. The molecule has 2 aromatic rings. The molecule has 1 unspecified atom stereocenters. The first-order valence-corrected chi connectivity index (χ1v) is 10.6. The van der Waals surface area contributed by atoms with E-state index < -0.39 is 5.91 Å². The van der Waals surface area contributed by atoms with Crippen LogP contribution in [0.15, 0.2) is 47.6 Å². The molecule has 8 heteroatoms. The van der Waals surface area contributed by atoms with E-state index in [1.165, 1.54) is 4.90 Å². The molecule has 3 amide bonds. The Hall–Kier alpha value is -3.68. The van der Waals surface area contributed by atoms with Crippen LogP contribution in [0.5, 0.6) is 0 Å². The van der Waals surface area contributed by atoms with Gasteiger partial charge in [0, 0.05) is 38.6 Å². The molecule has 1 atom stereocenters. The first-order chi connectivity index (χ1) is 15.2. The van der Waals surface area contributed by atoms with E-state index in [4.69, 9.17) is 5.73 Å². The van der Waals surface area contributed by atoms with Gasteiger partial charge >= 0.3 is 0 Å². The first-order valence-electron chi connectivity index (χ1n) is 10.6. The summed E-state index contributed by atoms with van der Waals surface area (Å²) in [7, 11) is 5.18. The lowest BCUT2D eigenvalue weighted by atomic mass is 9.90. The monoisotopic (exact) mass is 433 g/mol. The van der Waals surface area contributed by atoms with Gasteiger partial charge in [0.05, 0.1) is 17.1 Å². The van der Waals surface area contributed by atoms with Crippen LogP contribution in [0.2, 0.25) is 0 Å². The molecule has 1 aliphatic carbocycles. The summed E-state index contributed by atoms with van der Waals surface area (Å²) in [4.78, 5) is 40.2. The number of likely N-dealkylation sites (tertiary alicyclic amines) is 1. The van der Waals surface area contributed by atoms with Gasteiger partial charge in [-0.25, -0.2) is 4.68 Å². The minimum absolute atomic E-state index is 0.103. The van der Waals surface area contributed by atoms with Crippen LogP contribution in [0.3, 0.4) is 0 Å². The fourth-order valence-corrected chi connectivity index (χ4v) is 4.33.